The molecule has 0 aliphatic rings. The Morgan fingerprint density at radius 3 is 2.38 bits per heavy atom. The zero-order chi connectivity index (χ0) is 16.2. The minimum Gasteiger partial charge on any atom is -0.337 e. The highest BCUT2D eigenvalue weighted by molar-refractivity contribution is 7.90. The highest BCUT2D eigenvalue weighted by Gasteiger charge is 2.28. The molecule has 0 spiro atoms. The fourth-order valence-electron chi connectivity index (χ4n) is 2.22. The number of rotatable bonds is 6. The number of carbonyl (C=O) groups excluding carboxylic acids is 1. The first-order valence-corrected chi connectivity index (χ1v) is 8.64. The molecule has 0 bridgehead atoms. The molecule has 1 aromatic rings. The van der Waals surface area contributed by atoms with Crippen LogP contribution in [-0.2, 0) is 14.8 Å². The summed E-state index contributed by atoms with van der Waals surface area (Å²) < 4.78 is 25.2. The zero-order valence-corrected chi connectivity index (χ0v) is 14.2. The molecule has 0 saturated carbocycles. The predicted molar refractivity (Wildman–Crippen MR) is 84.6 cm³/mol. The van der Waals surface area contributed by atoms with Gasteiger partial charge < -0.3 is 4.90 Å². The highest BCUT2D eigenvalue weighted by Crippen LogP contribution is 2.32. The summed E-state index contributed by atoms with van der Waals surface area (Å²) in [4.78, 5) is 13.7. The number of amides is 1. The van der Waals surface area contributed by atoms with Crippen LogP contribution in [0.1, 0.15) is 25.5 Å². The van der Waals surface area contributed by atoms with Crippen LogP contribution in [0.4, 0.5) is 0 Å². The van der Waals surface area contributed by atoms with E-state index < -0.39 is 21.7 Å². The van der Waals surface area contributed by atoms with Gasteiger partial charge in [-0.3, -0.25) is 4.79 Å². The second-order valence-electron chi connectivity index (χ2n) is 5.18. The predicted octanol–water partition coefficient (Wildman–Crippen LogP) is 2.04. The summed E-state index contributed by atoms with van der Waals surface area (Å²) in [5.41, 5.74) is 0.812. The normalized spacial score (nSPS) is 13.2. The van der Waals surface area contributed by atoms with Gasteiger partial charge in [-0.2, -0.15) is 0 Å². The van der Waals surface area contributed by atoms with Crippen molar-refractivity contribution < 1.29 is 13.2 Å². The number of nitrogens with zero attached hydrogens (tertiary/aromatic N) is 1. The summed E-state index contributed by atoms with van der Waals surface area (Å²) in [5, 5.41) is 0.562. The SMILES string of the molecule is CNS(=O)(=O)CC(=O)N(C)[C@@H](c1ccccc1Cl)C(C)C. The van der Waals surface area contributed by atoms with Gasteiger partial charge in [0.25, 0.3) is 0 Å². The van der Waals surface area contributed by atoms with Crippen LogP contribution in [0.3, 0.4) is 0 Å². The van der Waals surface area contributed by atoms with Gasteiger partial charge in [0.2, 0.25) is 15.9 Å². The van der Waals surface area contributed by atoms with Crippen molar-refractivity contribution in [1.82, 2.24) is 9.62 Å². The fourth-order valence-corrected chi connectivity index (χ4v) is 3.14. The van der Waals surface area contributed by atoms with Crippen LogP contribution in [0.2, 0.25) is 5.02 Å². The van der Waals surface area contributed by atoms with Gasteiger partial charge in [0, 0.05) is 12.1 Å². The van der Waals surface area contributed by atoms with Crippen molar-refractivity contribution in [2.24, 2.45) is 5.92 Å². The number of carbonyl (C=O) groups is 1. The Labute approximate surface area is 131 Å². The number of halogens is 1. The minimum absolute atomic E-state index is 0.0936. The van der Waals surface area contributed by atoms with Gasteiger partial charge in [0.05, 0.1) is 6.04 Å². The molecule has 118 valence electrons. The van der Waals surface area contributed by atoms with Crippen molar-refractivity contribution >= 4 is 27.5 Å². The molecule has 1 rings (SSSR count). The maximum atomic E-state index is 12.2. The Kier molecular flexibility index (Phi) is 6.19. The number of hydrogen-bond acceptors (Lipinski definition) is 3. The van der Waals surface area contributed by atoms with Crippen molar-refractivity contribution in [3.05, 3.63) is 34.9 Å². The molecule has 0 heterocycles. The maximum absolute atomic E-state index is 12.2. The van der Waals surface area contributed by atoms with Gasteiger partial charge in [-0.25, -0.2) is 13.1 Å². The molecule has 1 atom stereocenters. The average molecular weight is 333 g/mol. The van der Waals surface area contributed by atoms with E-state index in [2.05, 4.69) is 4.72 Å². The van der Waals surface area contributed by atoms with E-state index in [0.29, 0.717) is 5.02 Å². The largest absolute Gasteiger partial charge is 0.337 e. The van der Waals surface area contributed by atoms with Gasteiger partial charge in [-0.05, 0) is 24.6 Å². The van der Waals surface area contributed by atoms with E-state index in [1.807, 2.05) is 32.0 Å². The van der Waals surface area contributed by atoms with Crippen LogP contribution < -0.4 is 4.72 Å². The van der Waals surface area contributed by atoms with Crippen molar-refractivity contribution in [3.8, 4) is 0 Å². The van der Waals surface area contributed by atoms with Crippen molar-refractivity contribution in [2.75, 3.05) is 19.8 Å². The third-order valence-corrected chi connectivity index (χ3v) is 4.88. The molecule has 1 aromatic carbocycles. The topological polar surface area (TPSA) is 66.5 Å². The van der Waals surface area contributed by atoms with Gasteiger partial charge in [0.15, 0.2) is 0 Å². The lowest BCUT2D eigenvalue weighted by atomic mass is 9.94. The molecule has 0 unspecified atom stereocenters. The van der Waals surface area contributed by atoms with E-state index in [1.165, 1.54) is 11.9 Å². The summed E-state index contributed by atoms with van der Waals surface area (Å²) in [6, 6.07) is 6.99. The lowest BCUT2D eigenvalue weighted by Gasteiger charge is -2.32. The second kappa shape index (κ2) is 7.24. The van der Waals surface area contributed by atoms with Crippen LogP contribution in [-0.4, -0.2) is 39.1 Å². The van der Waals surface area contributed by atoms with E-state index in [4.69, 9.17) is 11.6 Å². The minimum atomic E-state index is -3.59. The lowest BCUT2D eigenvalue weighted by molar-refractivity contribution is -0.130. The van der Waals surface area contributed by atoms with Crippen LogP contribution >= 0.6 is 11.6 Å². The molecular weight excluding hydrogens is 312 g/mol. The summed E-state index contributed by atoms with van der Waals surface area (Å²) >= 11 is 6.20. The van der Waals surface area contributed by atoms with Crippen LogP contribution in [0, 0.1) is 5.92 Å². The van der Waals surface area contributed by atoms with Crippen molar-refractivity contribution in [3.63, 3.8) is 0 Å². The number of benzene rings is 1. The van der Waals surface area contributed by atoms with Crippen molar-refractivity contribution in [2.45, 2.75) is 19.9 Å². The summed E-state index contributed by atoms with van der Waals surface area (Å²) in [5.74, 6) is -0.952. The maximum Gasteiger partial charge on any atom is 0.239 e. The lowest BCUT2D eigenvalue weighted by Crippen LogP contribution is -2.40. The molecule has 7 heteroatoms. The molecule has 5 nitrogen and oxygen atoms in total. The van der Waals surface area contributed by atoms with Gasteiger partial charge in [-0.15, -0.1) is 0 Å². The zero-order valence-electron chi connectivity index (χ0n) is 12.6. The molecule has 0 saturated heterocycles. The molecular formula is C14H21ClN2O3S. The Bertz CT molecular complexity index is 602. The first kappa shape index (κ1) is 17.9. The summed E-state index contributed by atoms with van der Waals surface area (Å²) in [6.45, 7) is 3.93. The van der Waals surface area contributed by atoms with Gasteiger partial charge in [0.1, 0.15) is 5.75 Å². The van der Waals surface area contributed by atoms with E-state index in [1.54, 1.807) is 13.1 Å². The molecule has 1 amide bonds. The van der Waals surface area contributed by atoms with Crippen LogP contribution in [0.5, 0.6) is 0 Å². The Balaban J connectivity index is 3.07. The van der Waals surface area contributed by atoms with E-state index in [-0.39, 0.29) is 12.0 Å². The second-order valence-corrected chi connectivity index (χ2v) is 7.51. The van der Waals surface area contributed by atoms with E-state index >= 15 is 0 Å². The Morgan fingerprint density at radius 1 is 1.33 bits per heavy atom. The highest BCUT2D eigenvalue weighted by atomic mass is 35.5. The molecule has 0 aromatic heterocycles. The van der Waals surface area contributed by atoms with Gasteiger partial charge in [-0.1, -0.05) is 43.6 Å². The molecule has 1 N–H and O–H groups in total. The van der Waals surface area contributed by atoms with Crippen LogP contribution in [0.25, 0.3) is 0 Å². The van der Waals surface area contributed by atoms with Crippen molar-refractivity contribution in [1.29, 1.82) is 0 Å². The first-order chi connectivity index (χ1) is 9.69. The first-order valence-electron chi connectivity index (χ1n) is 6.61. The monoisotopic (exact) mass is 332 g/mol. The van der Waals surface area contributed by atoms with E-state index in [0.717, 1.165) is 5.56 Å². The molecule has 0 radical (unpaired) electrons. The molecule has 0 aliphatic heterocycles. The fraction of sp³-hybridized carbons (Fsp3) is 0.500. The molecule has 0 fully saturated rings. The quantitative estimate of drug-likeness (QED) is 0.867. The number of nitrogens with one attached hydrogen (secondary N) is 1. The van der Waals surface area contributed by atoms with Gasteiger partial charge >= 0.3 is 0 Å². The Hall–Kier alpha value is -1.11. The standard InChI is InChI=1S/C14H21ClN2O3S/c1-10(2)14(11-7-5-6-8-12(11)15)17(4)13(18)9-21(19,20)16-3/h5-8,10,14,16H,9H2,1-4H3/t14-/m1/s1. The summed E-state index contributed by atoms with van der Waals surface area (Å²) in [7, 11) is -0.702. The van der Waals surface area contributed by atoms with E-state index in [9.17, 15) is 13.2 Å². The number of sulfonamides is 1. The van der Waals surface area contributed by atoms with Crippen LogP contribution in [0.15, 0.2) is 24.3 Å². The molecule has 21 heavy (non-hydrogen) atoms. The number of hydrogen-bond donors (Lipinski definition) is 1. The summed E-state index contributed by atoms with van der Waals surface area (Å²) in [6.07, 6.45) is 0. The average Bonchev–Trinajstić information content (AvgIpc) is 2.40. The smallest absolute Gasteiger partial charge is 0.239 e. The molecule has 0 aliphatic carbocycles. The Morgan fingerprint density at radius 2 is 1.90 bits per heavy atom. The third-order valence-electron chi connectivity index (χ3n) is 3.29. The third kappa shape index (κ3) is 4.69.